The molecule has 21 heavy (non-hydrogen) atoms. The molecule has 0 saturated heterocycles. The Labute approximate surface area is 124 Å². The van der Waals surface area contributed by atoms with Gasteiger partial charge in [0.05, 0.1) is 5.92 Å². The van der Waals surface area contributed by atoms with Gasteiger partial charge in [-0.25, -0.2) is 13.1 Å². The van der Waals surface area contributed by atoms with Crippen LogP contribution in [0.15, 0.2) is 10.6 Å². The number of hydrogen-bond donors (Lipinski definition) is 2. The van der Waals surface area contributed by atoms with E-state index in [1.807, 2.05) is 0 Å². The highest BCUT2D eigenvalue weighted by atomic mass is 32.2. The fourth-order valence-electron chi connectivity index (χ4n) is 1.94. The van der Waals surface area contributed by atoms with Crippen LogP contribution < -0.4 is 4.72 Å². The second-order valence-corrected chi connectivity index (χ2v) is 7.13. The molecule has 0 aromatic carbocycles. The molecule has 7 nitrogen and oxygen atoms in total. The first-order valence-electron chi connectivity index (χ1n) is 6.84. The third-order valence-corrected chi connectivity index (χ3v) is 4.53. The fourth-order valence-corrected chi connectivity index (χ4v) is 3.28. The first-order chi connectivity index (χ1) is 9.69. The summed E-state index contributed by atoms with van der Waals surface area (Å²) in [4.78, 5) is 10.7. The van der Waals surface area contributed by atoms with Crippen molar-refractivity contribution in [2.45, 2.75) is 51.8 Å². The van der Waals surface area contributed by atoms with Gasteiger partial charge in [0.15, 0.2) is 0 Å². The molecule has 2 unspecified atom stereocenters. The number of carbonyl (C=O) groups is 1. The Morgan fingerprint density at radius 1 is 1.43 bits per heavy atom. The van der Waals surface area contributed by atoms with Crippen LogP contribution in [0.3, 0.4) is 0 Å². The lowest BCUT2D eigenvalue weighted by Crippen LogP contribution is -2.33. The predicted octanol–water partition coefficient (Wildman–Crippen LogP) is 1.68. The summed E-state index contributed by atoms with van der Waals surface area (Å²) in [5.41, 5.74) is 0.367. The van der Waals surface area contributed by atoms with Crippen LogP contribution in [0.25, 0.3) is 0 Å². The van der Waals surface area contributed by atoms with Gasteiger partial charge in [-0.15, -0.1) is 0 Å². The molecule has 0 amide bonds. The first kappa shape index (κ1) is 17.6. The van der Waals surface area contributed by atoms with Gasteiger partial charge in [0.1, 0.15) is 17.2 Å². The zero-order valence-electron chi connectivity index (χ0n) is 12.5. The van der Waals surface area contributed by atoms with E-state index in [-0.39, 0.29) is 11.8 Å². The van der Waals surface area contributed by atoms with Gasteiger partial charge in [0.25, 0.3) is 0 Å². The summed E-state index contributed by atoms with van der Waals surface area (Å²) >= 11 is 0. The number of rotatable bonds is 9. The summed E-state index contributed by atoms with van der Waals surface area (Å²) in [7, 11) is -3.48. The van der Waals surface area contributed by atoms with Crippen molar-refractivity contribution in [3.63, 3.8) is 0 Å². The predicted molar refractivity (Wildman–Crippen MR) is 77.1 cm³/mol. The number of nitrogens with one attached hydrogen (secondary N) is 1. The van der Waals surface area contributed by atoms with Crippen LogP contribution in [-0.2, 0) is 20.6 Å². The molecule has 0 spiro atoms. The van der Waals surface area contributed by atoms with Crippen LogP contribution >= 0.6 is 0 Å². The maximum absolute atomic E-state index is 11.9. The van der Waals surface area contributed by atoms with E-state index in [4.69, 9.17) is 9.63 Å². The molecule has 1 aromatic rings. The second kappa shape index (κ2) is 7.56. The number of aliphatic carboxylic acids is 1. The van der Waals surface area contributed by atoms with Crippen LogP contribution in [0.2, 0.25) is 0 Å². The molecule has 0 aliphatic carbocycles. The van der Waals surface area contributed by atoms with Gasteiger partial charge in [-0.3, -0.25) is 4.79 Å². The highest BCUT2D eigenvalue weighted by molar-refractivity contribution is 7.88. The van der Waals surface area contributed by atoms with Crippen molar-refractivity contribution in [1.82, 2.24) is 9.88 Å². The number of carboxylic acid groups (broad SMARTS) is 1. The molecule has 0 saturated carbocycles. The molecule has 0 bridgehead atoms. The smallest absolute Gasteiger partial charge is 0.306 e. The van der Waals surface area contributed by atoms with E-state index in [2.05, 4.69) is 9.88 Å². The Bertz CT molecular complexity index is 567. The van der Waals surface area contributed by atoms with E-state index >= 15 is 0 Å². The Morgan fingerprint density at radius 3 is 2.62 bits per heavy atom. The summed E-state index contributed by atoms with van der Waals surface area (Å²) in [5, 5.41) is 12.4. The van der Waals surface area contributed by atoms with Crippen molar-refractivity contribution in [1.29, 1.82) is 0 Å². The maximum atomic E-state index is 11.9. The van der Waals surface area contributed by atoms with Gasteiger partial charge < -0.3 is 9.63 Å². The molecule has 1 heterocycles. The molecule has 0 fully saturated rings. The van der Waals surface area contributed by atoms with Gasteiger partial charge in [-0.1, -0.05) is 18.5 Å². The minimum atomic E-state index is -3.48. The highest BCUT2D eigenvalue weighted by Gasteiger charge is 2.18. The second-order valence-electron chi connectivity index (χ2n) is 5.38. The maximum Gasteiger partial charge on any atom is 0.306 e. The third-order valence-electron chi connectivity index (χ3n) is 3.09. The number of aryl methyl sites for hydroxylation is 1. The number of carboxylic acids is 1. The van der Waals surface area contributed by atoms with Crippen LogP contribution in [0.5, 0.6) is 0 Å². The summed E-state index contributed by atoms with van der Waals surface area (Å²) in [5.74, 6) is -0.896. The van der Waals surface area contributed by atoms with Crippen molar-refractivity contribution in [2.75, 3.05) is 0 Å². The lowest BCUT2D eigenvalue weighted by molar-refractivity contribution is -0.141. The number of aromatic nitrogens is 1. The minimum absolute atomic E-state index is 0.222. The van der Waals surface area contributed by atoms with Gasteiger partial charge >= 0.3 is 5.97 Å². The van der Waals surface area contributed by atoms with E-state index < -0.39 is 21.9 Å². The van der Waals surface area contributed by atoms with Crippen LogP contribution in [0.1, 0.15) is 44.6 Å². The van der Waals surface area contributed by atoms with Gasteiger partial charge in [-0.2, -0.15) is 0 Å². The zero-order chi connectivity index (χ0) is 16.0. The fraction of sp³-hybridized carbons (Fsp3) is 0.692. The molecule has 8 heteroatoms. The molecule has 1 rings (SSSR count). The largest absolute Gasteiger partial charge is 0.481 e. The van der Waals surface area contributed by atoms with Gasteiger partial charge in [0, 0.05) is 12.1 Å². The topological polar surface area (TPSA) is 110 Å². The van der Waals surface area contributed by atoms with Crippen LogP contribution in [-0.4, -0.2) is 30.7 Å². The van der Waals surface area contributed by atoms with E-state index in [1.54, 1.807) is 26.8 Å². The molecular formula is C13H22N2O5S. The summed E-state index contributed by atoms with van der Waals surface area (Å²) < 4.78 is 31.3. The standard InChI is InChI=1S/C13H22N2O5S/c1-9(13(16)17)5-4-6-10(2)15-21(18,19)8-12-7-11(3)20-14-12/h7,9-10,15H,4-6,8H2,1-3H3,(H,16,17). The molecule has 1 aromatic heterocycles. The van der Waals surface area contributed by atoms with Gasteiger partial charge in [0.2, 0.25) is 10.0 Å². The summed E-state index contributed by atoms with van der Waals surface area (Å²) in [6.45, 7) is 5.10. The van der Waals surface area contributed by atoms with E-state index in [1.165, 1.54) is 0 Å². The van der Waals surface area contributed by atoms with Crippen molar-refractivity contribution in [2.24, 2.45) is 5.92 Å². The van der Waals surface area contributed by atoms with Crippen molar-refractivity contribution in [3.8, 4) is 0 Å². The molecule has 0 aliphatic rings. The van der Waals surface area contributed by atoms with E-state index in [0.29, 0.717) is 30.7 Å². The monoisotopic (exact) mass is 318 g/mol. The van der Waals surface area contributed by atoms with Crippen molar-refractivity contribution in [3.05, 3.63) is 17.5 Å². The number of sulfonamides is 1. The summed E-state index contributed by atoms with van der Waals surface area (Å²) in [6, 6.07) is 1.34. The number of hydrogen-bond acceptors (Lipinski definition) is 5. The van der Waals surface area contributed by atoms with Crippen LogP contribution in [0.4, 0.5) is 0 Å². The average Bonchev–Trinajstić information content (AvgIpc) is 2.72. The Morgan fingerprint density at radius 2 is 2.10 bits per heavy atom. The lowest BCUT2D eigenvalue weighted by atomic mass is 10.0. The number of nitrogens with zero attached hydrogens (tertiary/aromatic N) is 1. The van der Waals surface area contributed by atoms with Crippen LogP contribution in [0, 0.1) is 12.8 Å². The normalized spacial score (nSPS) is 14.8. The summed E-state index contributed by atoms with van der Waals surface area (Å²) in [6.07, 6.45) is 1.78. The lowest BCUT2D eigenvalue weighted by Gasteiger charge is -2.14. The molecule has 0 aliphatic heterocycles. The highest BCUT2D eigenvalue weighted by Crippen LogP contribution is 2.11. The Hall–Kier alpha value is -1.41. The van der Waals surface area contributed by atoms with E-state index in [0.717, 1.165) is 0 Å². The first-order valence-corrected chi connectivity index (χ1v) is 8.50. The average molecular weight is 318 g/mol. The van der Waals surface area contributed by atoms with Crippen molar-refractivity contribution >= 4 is 16.0 Å². The quantitative estimate of drug-likeness (QED) is 0.717. The van der Waals surface area contributed by atoms with Gasteiger partial charge in [-0.05, 0) is 26.7 Å². The molecular weight excluding hydrogens is 296 g/mol. The SMILES string of the molecule is Cc1cc(CS(=O)(=O)NC(C)CCCC(C)C(=O)O)no1. The molecule has 0 radical (unpaired) electrons. The molecule has 2 atom stereocenters. The minimum Gasteiger partial charge on any atom is -0.481 e. The van der Waals surface area contributed by atoms with E-state index in [9.17, 15) is 13.2 Å². The zero-order valence-corrected chi connectivity index (χ0v) is 13.3. The third kappa shape index (κ3) is 6.72. The molecule has 120 valence electrons. The Kier molecular flexibility index (Phi) is 6.35. The van der Waals surface area contributed by atoms with Crippen molar-refractivity contribution < 1.29 is 22.8 Å². The Balaban J connectivity index is 2.38. The molecule has 2 N–H and O–H groups in total.